The summed E-state index contributed by atoms with van der Waals surface area (Å²) in [7, 11) is -3.20. The monoisotopic (exact) mass is 481 g/mol. The fraction of sp³-hybridized carbons (Fsp3) is 0.480. The van der Waals surface area contributed by atoms with E-state index in [1.165, 1.54) is 0 Å². The minimum absolute atomic E-state index is 0.0236. The van der Waals surface area contributed by atoms with E-state index in [0.717, 1.165) is 37.1 Å². The highest BCUT2D eigenvalue weighted by Crippen LogP contribution is 2.28. The second kappa shape index (κ2) is 8.78. The summed E-state index contributed by atoms with van der Waals surface area (Å²) in [6.07, 6.45) is 3.81. The molecule has 9 heteroatoms. The molecule has 5 rings (SSSR count). The van der Waals surface area contributed by atoms with Gasteiger partial charge in [0.1, 0.15) is 0 Å². The number of hydrogen-bond donors (Lipinski definition) is 1. The van der Waals surface area contributed by atoms with Crippen LogP contribution in [0.5, 0.6) is 0 Å². The largest absolute Gasteiger partial charge is 0.347 e. The Morgan fingerprint density at radius 1 is 1.12 bits per heavy atom. The molecule has 2 unspecified atom stereocenters. The zero-order chi connectivity index (χ0) is 24.0. The Bertz CT molecular complexity index is 1320. The Morgan fingerprint density at radius 2 is 1.82 bits per heavy atom. The predicted molar refractivity (Wildman–Crippen MR) is 133 cm³/mol. The maximum atomic E-state index is 13.6. The van der Waals surface area contributed by atoms with Crippen LogP contribution in [0, 0.1) is 6.92 Å². The fourth-order valence-electron chi connectivity index (χ4n) is 5.10. The molecule has 4 heterocycles. The maximum Gasteiger partial charge on any atom is 0.252 e. The molecule has 2 aromatic heterocycles. The van der Waals surface area contributed by atoms with Crippen molar-refractivity contribution in [3.05, 3.63) is 47.7 Å². The number of nitrogens with zero attached hydrogens (tertiary/aromatic N) is 4. The molecule has 2 aliphatic rings. The minimum atomic E-state index is -3.20. The summed E-state index contributed by atoms with van der Waals surface area (Å²) in [6.45, 7) is 7.84. The number of nitrogens with one attached hydrogen (secondary N) is 1. The quantitative estimate of drug-likeness (QED) is 0.602. The van der Waals surface area contributed by atoms with E-state index >= 15 is 0 Å². The molecule has 0 radical (unpaired) electrons. The first-order valence-electron chi connectivity index (χ1n) is 11.9. The molecule has 1 aromatic carbocycles. The van der Waals surface area contributed by atoms with E-state index in [2.05, 4.69) is 15.3 Å². The minimum Gasteiger partial charge on any atom is -0.347 e. The molecular formula is C25H31N5O3S. The first-order chi connectivity index (χ1) is 16.2. The molecular weight excluding hydrogens is 450 g/mol. The number of aryl methyl sites for hydroxylation is 1. The van der Waals surface area contributed by atoms with Crippen molar-refractivity contribution in [1.29, 1.82) is 0 Å². The molecule has 34 heavy (non-hydrogen) atoms. The molecule has 1 amide bonds. The molecule has 2 fully saturated rings. The number of fused-ring (bicyclic) bond motifs is 1. The zero-order valence-corrected chi connectivity index (χ0v) is 20.7. The SMILES string of the molecule is Cc1ccc(-c2cc(C(=O)NC3CS(=O)(=O)CC3N3CCCC3)c3cnn(C(C)C)c3n2)cc1. The van der Waals surface area contributed by atoms with E-state index in [-0.39, 0.29) is 29.5 Å². The van der Waals surface area contributed by atoms with Crippen LogP contribution in [0.3, 0.4) is 0 Å². The van der Waals surface area contributed by atoms with E-state index in [1.54, 1.807) is 12.3 Å². The molecule has 180 valence electrons. The van der Waals surface area contributed by atoms with Gasteiger partial charge in [0.05, 0.1) is 40.4 Å². The standard InChI is InChI=1S/C25H31N5O3S/c1-16(2)30-24-20(13-26-30)19(12-21(27-24)18-8-6-17(3)7-9-18)25(31)28-22-14-34(32,33)15-23(22)29-10-4-5-11-29/h6-9,12-13,16,22-23H,4-5,10-11,14-15H2,1-3H3,(H,28,31). The van der Waals surface area contributed by atoms with Gasteiger partial charge in [-0.2, -0.15) is 5.10 Å². The Morgan fingerprint density at radius 3 is 2.50 bits per heavy atom. The molecule has 0 bridgehead atoms. The third-order valence-corrected chi connectivity index (χ3v) is 8.61. The highest BCUT2D eigenvalue weighted by atomic mass is 32.2. The van der Waals surface area contributed by atoms with Crippen molar-refractivity contribution in [3.8, 4) is 11.3 Å². The maximum absolute atomic E-state index is 13.6. The molecule has 3 aromatic rings. The van der Waals surface area contributed by atoms with E-state index < -0.39 is 15.9 Å². The van der Waals surface area contributed by atoms with Gasteiger partial charge < -0.3 is 5.32 Å². The number of benzene rings is 1. The van der Waals surface area contributed by atoms with Crippen LogP contribution in [0.15, 0.2) is 36.5 Å². The molecule has 2 aliphatic heterocycles. The van der Waals surface area contributed by atoms with Gasteiger partial charge in [0, 0.05) is 17.6 Å². The van der Waals surface area contributed by atoms with Crippen LogP contribution in [0.2, 0.25) is 0 Å². The van der Waals surface area contributed by atoms with Gasteiger partial charge in [0.2, 0.25) is 0 Å². The summed E-state index contributed by atoms with van der Waals surface area (Å²) in [5.74, 6) is -0.205. The molecule has 0 spiro atoms. The van der Waals surface area contributed by atoms with E-state index in [1.807, 2.05) is 49.7 Å². The summed E-state index contributed by atoms with van der Waals surface area (Å²) >= 11 is 0. The predicted octanol–water partition coefficient (Wildman–Crippen LogP) is 2.98. The smallest absolute Gasteiger partial charge is 0.252 e. The normalized spacial score (nSPS) is 22.6. The lowest BCUT2D eigenvalue weighted by Crippen LogP contribution is -2.50. The molecule has 2 atom stereocenters. The molecule has 1 N–H and O–H groups in total. The van der Waals surface area contributed by atoms with Crippen LogP contribution in [0.4, 0.5) is 0 Å². The second-order valence-electron chi connectivity index (χ2n) is 9.81. The van der Waals surface area contributed by atoms with Crippen molar-refractivity contribution in [2.45, 2.75) is 51.7 Å². The first kappa shape index (κ1) is 23.0. The Balaban J connectivity index is 1.54. The van der Waals surface area contributed by atoms with E-state index in [9.17, 15) is 13.2 Å². The summed E-state index contributed by atoms with van der Waals surface area (Å²) in [5.41, 5.74) is 3.86. The molecule has 0 aliphatic carbocycles. The van der Waals surface area contributed by atoms with E-state index in [4.69, 9.17) is 4.98 Å². The number of likely N-dealkylation sites (tertiary alicyclic amines) is 1. The highest BCUT2D eigenvalue weighted by Gasteiger charge is 2.42. The molecule has 2 saturated heterocycles. The number of pyridine rings is 1. The fourth-order valence-corrected chi connectivity index (χ4v) is 7.05. The zero-order valence-electron chi connectivity index (χ0n) is 19.9. The van der Waals surface area contributed by atoms with Crippen molar-refractivity contribution in [2.75, 3.05) is 24.6 Å². The number of hydrogen-bond acceptors (Lipinski definition) is 6. The Kier molecular flexibility index (Phi) is 5.93. The summed E-state index contributed by atoms with van der Waals surface area (Å²) in [5, 5.41) is 8.23. The van der Waals surface area contributed by atoms with Crippen molar-refractivity contribution in [3.63, 3.8) is 0 Å². The summed E-state index contributed by atoms with van der Waals surface area (Å²) in [4.78, 5) is 20.7. The lowest BCUT2D eigenvalue weighted by atomic mass is 10.0. The van der Waals surface area contributed by atoms with Crippen LogP contribution in [-0.4, -0.2) is 70.7 Å². The van der Waals surface area contributed by atoms with Crippen molar-refractivity contribution in [2.24, 2.45) is 0 Å². The Labute approximate surface area is 200 Å². The van der Waals surface area contributed by atoms with Crippen LogP contribution in [0.1, 0.15) is 48.7 Å². The van der Waals surface area contributed by atoms with Gasteiger partial charge in [0.15, 0.2) is 15.5 Å². The van der Waals surface area contributed by atoms with Gasteiger partial charge >= 0.3 is 0 Å². The van der Waals surface area contributed by atoms with Crippen LogP contribution < -0.4 is 5.32 Å². The van der Waals surface area contributed by atoms with Gasteiger partial charge in [-0.25, -0.2) is 18.1 Å². The number of sulfone groups is 1. The van der Waals surface area contributed by atoms with Gasteiger partial charge in [-0.05, 0) is 52.8 Å². The highest BCUT2D eigenvalue weighted by molar-refractivity contribution is 7.91. The molecule has 0 saturated carbocycles. The van der Waals surface area contributed by atoms with Crippen molar-refractivity contribution in [1.82, 2.24) is 25.0 Å². The van der Waals surface area contributed by atoms with Gasteiger partial charge in [-0.3, -0.25) is 9.69 Å². The number of amides is 1. The number of carbonyl (C=O) groups excluding carboxylic acids is 1. The number of rotatable bonds is 5. The van der Waals surface area contributed by atoms with Crippen LogP contribution in [0.25, 0.3) is 22.3 Å². The van der Waals surface area contributed by atoms with Gasteiger partial charge in [0.25, 0.3) is 5.91 Å². The second-order valence-corrected chi connectivity index (χ2v) is 12.0. The lowest BCUT2D eigenvalue weighted by molar-refractivity contribution is 0.0920. The van der Waals surface area contributed by atoms with Crippen LogP contribution in [-0.2, 0) is 9.84 Å². The van der Waals surface area contributed by atoms with E-state index in [0.29, 0.717) is 22.3 Å². The summed E-state index contributed by atoms with van der Waals surface area (Å²) in [6, 6.07) is 9.29. The van der Waals surface area contributed by atoms with Gasteiger partial charge in [-0.1, -0.05) is 29.8 Å². The third-order valence-electron chi connectivity index (χ3n) is 6.90. The third kappa shape index (κ3) is 4.34. The molecule has 8 nitrogen and oxygen atoms in total. The van der Waals surface area contributed by atoms with Crippen LogP contribution >= 0.6 is 0 Å². The van der Waals surface area contributed by atoms with Gasteiger partial charge in [-0.15, -0.1) is 0 Å². The van der Waals surface area contributed by atoms with Crippen molar-refractivity contribution >= 4 is 26.8 Å². The topological polar surface area (TPSA) is 97.2 Å². The number of carbonyl (C=O) groups is 1. The average molecular weight is 482 g/mol. The van der Waals surface area contributed by atoms with Crippen molar-refractivity contribution < 1.29 is 13.2 Å². The lowest BCUT2D eigenvalue weighted by Gasteiger charge is -2.28. The Hall–Kier alpha value is -2.78. The first-order valence-corrected chi connectivity index (χ1v) is 13.7. The number of aromatic nitrogens is 3. The average Bonchev–Trinajstić information content (AvgIpc) is 3.52. The summed E-state index contributed by atoms with van der Waals surface area (Å²) < 4.78 is 26.8.